The fraction of sp³-hybridized carbons (Fsp3) is 0.158. The van der Waals surface area contributed by atoms with E-state index < -0.39 is 23.5 Å². The van der Waals surface area contributed by atoms with Crippen LogP contribution in [0.25, 0.3) is 16.9 Å². The van der Waals surface area contributed by atoms with Crippen molar-refractivity contribution in [2.24, 2.45) is 0 Å². The van der Waals surface area contributed by atoms with E-state index in [1.165, 1.54) is 10.1 Å². The SMILES string of the molecule is Cc1ccc(-n2nnnc2Sc2nc(-c3cc(C(F)(F)F)cc(C(F)(F)F)c3)cs2)c(S)c1. The van der Waals surface area contributed by atoms with Gasteiger partial charge in [0.1, 0.15) is 0 Å². The molecule has 0 saturated heterocycles. The Bertz CT molecular complexity index is 1280. The maximum atomic E-state index is 13.2. The van der Waals surface area contributed by atoms with Crippen molar-refractivity contribution in [2.75, 3.05) is 0 Å². The number of hydrogen-bond donors (Lipinski definition) is 1. The van der Waals surface area contributed by atoms with E-state index >= 15 is 0 Å². The minimum absolute atomic E-state index is 0.0247. The molecule has 2 heterocycles. The summed E-state index contributed by atoms with van der Waals surface area (Å²) in [6.07, 6.45) is -9.88. The van der Waals surface area contributed by atoms with Crippen LogP contribution in [0.2, 0.25) is 0 Å². The van der Waals surface area contributed by atoms with Gasteiger partial charge in [-0.25, -0.2) is 4.98 Å². The molecule has 0 saturated carbocycles. The van der Waals surface area contributed by atoms with Gasteiger partial charge in [0.2, 0.25) is 5.16 Å². The van der Waals surface area contributed by atoms with Crippen molar-refractivity contribution in [1.29, 1.82) is 0 Å². The molecule has 0 atom stereocenters. The smallest absolute Gasteiger partial charge is 0.229 e. The normalized spacial score (nSPS) is 12.4. The fourth-order valence-corrected chi connectivity index (χ4v) is 4.91. The standard InChI is InChI=1S/C19H11F6N5S3/c1-9-2-3-14(15(31)4-9)30-16(27-28-29-30)33-17-26-13(8-32-17)10-5-11(18(20,21)22)7-12(6-10)19(23,24)25/h2-8,31H,1H3. The Morgan fingerprint density at radius 2 is 1.64 bits per heavy atom. The van der Waals surface area contributed by atoms with Crippen LogP contribution in [0.4, 0.5) is 26.3 Å². The third kappa shape index (κ3) is 5.17. The van der Waals surface area contributed by atoms with Crippen LogP contribution in [-0.4, -0.2) is 25.2 Å². The van der Waals surface area contributed by atoms with Crippen molar-refractivity contribution in [3.05, 3.63) is 58.5 Å². The number of nitrogens with zero attached hydrogens (tertiary/aromatic N) is 5. The molecule has 172 valence electrons. The number of rotatable bonds is 4. The first kappa shape index (κ1) is 23.6. The monoisotopic (exact) mass is 519 g/mol. The molecule has 0 N–H and O–H groups in total. The minimum atomic E-state index is -4.94. The largest absolute Gasteiger partial charge is 0.416 e. The number of halogens is 6. The molecule has 0 aliphatic rings. The Balaban J connectivity index is 1.67. The average Bonchev–Trinajstić information content (AvgIpc) is 3.36. The zero-order chi connectivity index (χ0) is 24.0. The third-order valence-electron chi connectivity index (χ3n) is 4.35. The average molecular weight is 520 g/mol. The Morgan fingerprint density at radius 3 is 2.24 bits per heavy atom. The van der Waals surface area contributed by atoms with E-state index in [9.17, 15) is 26.3 Å². The number of thiol groups is 1. The van der Waals surface area contributed by atoms with Gasteiger partial charge in [-0.15, -0.1) is 29.1 Å². The van der Waals surface area contributed by atoms with Gasteiger partial charge in [-0.05, 0) is 65.0 Å². The lowest BCUT2D eigenvalue weighted by Gasteiger charge is -2.13. The summed E-state index contributed by atoms with van der Waals surface area (Å²) >= 11 is 6.48. The molecule has 4 aromatic rings. The highest BCUT2D eigenvalue weighted by atomic mass is 32.2. The lowest BCUT2D eigenvalue weighted by atomic mass is 10.0. The van der Waals surface area contributed by atoms with Gasteiger partial charge in [0.25, 0.3) is 0 Å². The predicted octanol–water partition coefficient (Wildman–Crippen LogP) is 6.57. The number of aromatic nitrogens is 5. The second kappa shape index (κ2) is 8.65. The summed E-state index contributed by atoms with van der Waals surface area (Å²) in [5, 5.41) is 13.2. The minimum Gasteiger partial charge on any atom is -0.229 e. The Labute approximate surface area is 196 Å². The fourth-order valence-electron chi connectivity index (χ4n) is 2.82. The quantitative estimate of drug-likeness (QED) is 0.244. The highest BCUT2D eigenvalue weighted by Gasteiger charge is 2.37. The maximum absolute atomic E-state index is 13.2. The molecule has 2 aromatic carbocycles. The Kier molecular flexibility index (Phi) is 6.18. The van der Waals surface area contributed by atoms with Crippen LogP contribution in [0.5, 0.6) is 0 Å². The molecule has 0 aliphatic heterocycles. The van der Waals surface area contributed by atoms with Crippen molar-refractivity contribution < 1.29 is 26.3 Å². The summed E-state index contributed by atoms with van der Waals surface area (Å²) in [5.41, 5.74) is -1.55. The lowest BCUT2D eigenvalue weighted by Crippen LogP contribution is -2.11. The first-order valence-electron chi connectivity index (χ1n) is 8.93. The van der Waals surface area contributed by atoms with Crippen molar-refractivity contribution in [2.45, 2.75) is 33.7 Å². The molecule has 4 rings (SSSR count). The maximum Gasteiger partial charge on any atom is 0.416 e. The predicted molar refractivity (Wildman–Crippen MR) is 113 cm³/mol. The van der Waals surface area contributed by atoms with Crippen LogP contribution >= 0.6 is 35.7 Å². The Hall–Kier alpha value is -2.58. The molecule has 0 aliphatic carbocycles. The number of benzene rings is 2. The number of alkyl halides is 6. The number of hydrogen-bond acceptors (Lipinski definition) is 7. The molecule has 14 heteroatoms. The van der Waals surface area contributed by atoms with E-state index in [1.807, 2.05) is 19.1 Å². The van der Waals surface area contributed by atoms with E-state index in [0.717, 1.165) is 28.7 Å². The molecule has 0 amide bonds. The number of tetrazole rings is 1. The zero-order valence-electron chi connectivity index (χ0n) is 16.3. The highest BCUT2D eigenvalue weighted by Crippen LogP contribution is 2.40. The Morgan fingerprint density at radius 1 is 0.970 bits per heavy atom. The molecule has 0 unspecified atom stereocenters. The molecule has 0 spiro atoms. The molecule has 0 bridgehead atoms. The second-order valence-electron chi connectivity index (χ2n) is 6.76. The summed E-state index contributed by atoms with van der Waals surface area (Å²) in [4.78, 5) is 4.81. The van der Waals surface area contributed by atoms with Crippen LogP contribution in [0.15, 0.2) is 56.2 Å². The van der Waals surface area contributed by atoms with E-state index in [1.54, 1.807) is 6.07 Å². The van der Waals surface area contributed by atoms with Crippen LogP contribution in [-0.2, 0) is 12.4 Å². The van der Waals surface area contributed by atoms with E-state index in [-0.39, 0.29) is 17.3 Å². The number of thiazole rings is 1. The molecule has 0 radical (unpaired) electrons. The van der Waals surface area contributed by atoms with E-state index in [0.29, 0.717) is 32.2 Å². The summed E-state index contributed by atoms with van der Waals surface area (Å²) < 4.78 is 80.7. The first-order chi connectivity index (χ1) is 15.4. The van der Waals surface area contributed by atoms with Gasteiger partial charge in [-0.3, -0.25) is 0 Å². The summed E-state index contributed by atoms with van der Waals surface area (Å²) in [5.74, 6) is 0. The summed E-state index contributed by atoms with van der Waals surface area (Å²) in [6.45, 7) is 1.90. The van der Waals surface area contributed by atoms with Crippen molar-refractivity contribution in [1.82, 2.24) is 25.2 Å². The number of aryl methyl sites for hydroxylation is 1. The molecular formula is C19H11F6N5S3. The van der Waals surface area contributed by atoms with Gasteiger partial charge < -0.3 is 0 Å². The highest BCUT2D eigenvalue weighted by molar-refractivity contribution is 8.00. The zero-order valence-corrected chi connectivity index (χ0v) is 18.8. The first-order valence-corrected chi connectivity index (χ1v) is 11.1. The molecule has 0 fully saturated rings. The summed E-state index contributed by atoms with van der Waals surface area (Å²) in [6, 6.07) is 6.80. The molecule has 2 aromatic heterocycles. The topological polar surface area (TPSA) is 56.5 Å². The third-order valence-corrected chi connectivity index (χ3v) is 6.58. The van der Waals surface area contributed by atoms with Crippen molar-refractivity contribution in [3.63, 3.8) is 0 Å². The second-order valence-corrected chi connectivity index (χ2v) is 9.32. The van der Waals surface area contributed by atoms with Gasteiger partial charge in [-0.2, -0.15) is 31.0 Å². The molecule has 33 heavy (non-hydrogen) atoms. The van der Waals surface area contributed by atoms with Crippen LogP contribution < -0.4 is 0 Å². The van der Waals surface area contributed by atoms with Crippen LogP contribution in [0, 0.1) is 6.92 Å². The van der Waals surface area contributed by atoms with Gasteiger partial charge >= 0.3 is 12.4 Å². The van der Waals surface area contributed by atoms with E-state index in [2.05, 4.69) is 33.1 Å². The lowest BCUT2D eigenvalue weighted by molar-refractivity contribution is -0.143. The van der Waals surface area contributed by atoms with E-state index in [4.69, 9.17) is 0 Å². The van der Waals surface area contributed by atoms with Crippen LogP contribution in [0.1, 0.15) is 16.7 Å². The van der Waals surface area contributed by atoms with Gasteiger partial charge in [-0.1, -0.05) is 6.07 Å². The van der Waals surface area contributed by atoms with Crippen LogP contribution in [0.3, 0.4) is 0 Å². The van der Waals surface area contributed by atoms with Gasteiger partial charge in [0.15, 0.2) is 4.34 Å². The van der Waals surface area contributed by atoms with Gasteiger partial charge in [0.05, 0.1) is 22.5 Å². The summed E-state index contributed by atoms with van der Waals surface area (Å²) in [7, 11) is 0. The van der Waals surface area contributed by atoms with Gasteiger partial charge in [0, 0.05) is 15.8 Å². The molecular weight excluding hydrogens is 508 g/mol. The van der Waals surface area contributed by atoms with Crippen molar-refractivity contribution in [3.8, 4) is 16.9 Å². The molecule has 5 nitrogen and oxygen atoms in total. The van der Waals surface area contributed by atoms with Crippen molar-refractivity contribution >= 4 is 35.7 Å².